The molecule has 0 aromatic carbocycles. The van der Waals surface area contributed by atoms with E-state index in [-0.39, 0.29) is 5.91 Å². The quantitative estimate of drug-likeness (QED) is 0.258. The van der Waals surface area contributed by atoms with Gasteiger partial charge in [0.25, 0.3) is 17.5 Å². The van der Waals surface area contributed by atoms with Crippen molar-refractivity contribution >= 4 is 51.7 Å². The molecule has 0 saturated heterocycles. The van der Waals surface area contributed by atoms with Crippen LogP contribution in [0, 0.1) is 17.8 Å². The molecule has 4 rings (SSSR count). The van der Waals surface area contributed by atoms with Crippen LogP contribution >= 0.6 is 11.3 Å². The third-order valence-corrected chi connectivity index (χ3v) is 5.17. The standard InChI is InChI=1S/C21H17N7O2S/c1-12-7-14(17(30-2)10-23-12)16-9-24-18(25-11-22)8-15(16)20(29)26-21-28-27-19(31-21)6-5-13-3-4-13/h7-9,11,13,22H,3-4H2,1-2H3,(H,26,28,29)/p+2. The van der Waals surface area contributed by atoms with Crippen molar-refractivity contribution < 1.29 is 14.5 Å². The Bertz CT molecular complexity index is 1280. The van der Waals surface area contributed by atoms with Gasteiger partial charge in [-0.3, -0.25) is 15.1 Å². The van der Waals surface area contributed by atoms with Gasteiger partial charge in [-0.1, -0.05) is 17.3 Å². The summed E-state index contributed by atoms with van der Waals surface area (Å²) in [6.07, 6.45) is 6.88. The Balaban J connectivity index is 1.67. The summed E-state index contributed by atoms with van der Waals surface area (Å²) in [4.78, 5) is 20.3. The molecule has 2 aliphatic rings. The van der Waals surface area contributed by atoms with Gasteiger partial charge >= 0.3 is 11.6 Å². The number of anilines is 1. The van der Waals surface area contributed by atoms with Crippen molar-refractivity contribution in [3.8, 4) is 11.8 Å². The zero-order valence-electron chi connectivity index (χ0n) is 16.9. The first-order chi connectivity index (χ1) is 15.1. The van der Waals surface area contributed by atoms with Crippen LogP contribution in [-0.4, -0.2) is 46.1 Å². The number of rotatable bonds is 5. The number of carbonyl (C=O) groups is 1. The fraction of sp³-hybridized carbons (Fsp3) is 0.238. The van der Waals surface area contributed by atoms with E-state index < -0.39 is 0 Å². The van der Waals surface area contributed by atoms with E-state index in [1.165, 1.54) is 24.8 Å². The SMILES string of the molecule is COC1=C=[N+]=C(C)C=C1c1cnc([NH+]=CN)cc1C(=O)Nc1nnc(C#CC2CC2)s1. The van der Waals surface area contributed by atoms with Crippen molar-refractivity contribution in [3.05, 3.63) is 40.2 Å². The lowest BCUT2D eigenvalue weighted by molar-refractivity contribution is -0.353. The highest BCUT2D eigenvalue weighted by Gasteiger charge is 2.26. The third-order valence-electron chi connectivity index (χ3n) is 4.41. The summed E-state index contributed by atoms with van der Waals surface area (Å²) < 4.78 is 9.51. The van der Waals surface area contributed by atoms with E-state index in [0.717, 1.165) is 18.6 Å². The van der Waals surface area contributed by atoms with Crippen molar-refractivity contribution in [2.75, 3.05) is 12.4 Å². The van der Waals surface area contributed by atoms with Crippen LogP contribution in [0.15, 0.2) is 24.1 Å². The molecule has 2 aromatic rings. The second-order valence-corrected chi connectivity index (χ2v) is 7.77. The second-order valence-electron chi connectivity index (χ2n) is 6.79. The number of amides is 1. The van der Waals surface area contributed by atoms with Gasteiger partial charge in [0.1, 0.15) is 6.20 Å². The maximum Gasteiger partial charge on any atom is 0.359 e. The zero-order valence-corrected chi connectivity index (χ0v) is 17.7. The summed E-state index contributed by atoms with van der Waals surface area (Å²) in [7, 11) is 1.52. The summed E-state index contributed by atoms with van der Waals surface area (Å²) in [6.45, 7) is 1.83. The molecular weight excluding hydrogens is 414 g/mol. The van der Waals surface area contributed by atoms with Crippen molar-refractivity contribution in [3.63, 3.8) is 0 Å². The van der Waals surface area contributed by atoms with E-state index >= 15 is 0 Å². The number of aromatic nitrogens is 3. The maximum absolute atomic E-state index is 13.2. The predicted molar refractivity (Wildman–Crippen MR) is 119 cm³/mol. The molecule has 1 saturated carbocycles. The van der Waals surface area contributed by atoms with Gasteiger partial charge in [-0.2, -0.15) is 0 Å². The molecule has 4 N–H and O–H groups in total. The molecule has 154 valence electrons. The van der Waals surface area contributed by atoms with Crippen LogP contribution in [0.2, 0.25) is 0 Å². The molecule has 0 atom stereocenters. The Labute approximate surface area is 182 Å². The van der Waals surface area contributed by atoms with Gasteiger partial charge in [0, 0.05) is 30.5 Å². The summed E-state index contributed by atoms with van der Waals surface area (Å²) in [5, 5.41) is 11.8. The number of pyridine rings is 1. The number of nitrogens with zero attached hydrogens (tertiary/aromatic N) is 4. The fourth-order valence-corrected chi connectivity index (χ4v) is 3.36. The van der Waals surface area contributed by atoms with Crippen LogP contribution in [0.1, 0.15) is 40.7 Å². The van der Waals surface area contributed by atoms with E-state index in [9.17, 15) is 4.79 Å². The minimum atomic E-state index is -0.383. The number of hydrogen-bond donors (Lipinski definition) is 3. The number of nitrogens with two attached hydrogens (primary N) is 1. The first-order valence-electron chi connectivity index (χ1n) is 9.47. The number of hydrogen-bond acceptors (Lipinski definition) is 6. The number of ether oxygens (including phenoxy) is 1. The van der Waals surface area contributed by atoms with E-state index in [4.69, 9.17) is 10.5 Å². The Morgan fingerprint density at radius 3 is 3.06 bits per heavy atom. The maximum atomic E-state index is 13.2. The van der Waals surface area contributed by atoms with E-state index in [2.05, 4.69) is 47.9 Å². The first kappa shape index (κ1) is 20.3. The van der Waals surface area contributed by atoms with Gasteiger partial charge in [0.05, 0.1) is 18.2 Å². The molecular formula is C21H19N7O2S+2. The highest BCUT2D eigenvalue weighted by Crippen LogP contribution is 2.29. The summed E-state index contributed by atoms with van der Waals surface area (Å²) in [5.41, 5.74) is 7.71. The normalized spacial score (nSPS) is 15.0. The zero-order chi connectivity index (χ0) is 21.8. The number of carbonyl (C=O) groups excluding carboxylic acids is 1. The Hall–Kier alpha value is -4.02. The van der Waals surface area contributed by atoms with Gasteiger partial charge < -0.3 is 10.5 Å². The molecule has 3 heterocycles. The van der Waals surface area contributed by atoms with Crippen LogP contribution in [-0.2, 0) is 4.74 Å². The molecule has 0 bridgehead atoms. The fourth-order valence-electron chi connectivity index (χ4n) is 2.76. The topological polar surface area (TPSA) is 131 Å². The molecule has 1 fully saturated rings. The van der Waals surface area contributed by atoms with Crippen LogP contribution in [0.25, 0.3) is 5.57 Å². The van der Waals surface area contributed by atoms with Crippen LogP contribution < -0.4 is 20.7 Å². The van der Waals surface area contributed by atoms with Gasteiger partial charge in [-0.05, 0) is 23.4 Å². The highest BCUT2D eigenvalue weighted by molar-refractivity contribution is 7.15. The van der Waals surface area contributed by atoms with Crippen LogP contribution in [0.4, 0.5) is 10.9 Å². The van der Waals surface area contributed by atoms with E-state index in [1.807, 2.05) is 13.0 Å². The summed E-state index contributed by atoms with van der Waals surface area (Å²) in [6, 6.07) is 1.60. The molecule has 0 unspecified atom stereocenters. The summed E-state index contributed by atoms with van der Waals surface area (Å²) >= 11 is 1.23. The summed E-state index contributed by atoms with van der Waals surface area (Å²) in [5.74, 6) is 9.86. The van der Waals surface area contributed by atoms with Gasteiger partial charge in [0.15, 0.2) is 11.3 Å². The highest BCUT2D eigenvalue weighted by atomic mass is 32.1. The molecule has 1 aliphatic carbocycles. The predicted octanol–water partition coefficient (Wildman–Crippen LogP) is -0.229. The average Bonchev–Trinajstić information content (AvgIpc) is 3.50. The third kappa shape index (κ3) is 4.77. The van der Waals surface area contributed by atoms with Crippen molar-refractivity contribution in [2.45, 2.75) is 19.8 Å². The molecule has 0 spiro atoms. The number of allylic oxidation sites excluding steroid dienone is 2. The molecule has 31 heavy (non-hydrogen) atoms. The second kappa shape index (κ2) is 8.78. The number of methoxy groups -OCH3 is 1. The molecule has 10 heteroatoms. The smallest absolute Gasteiger partial charge is 0.359 e. The molecule has 1 aliphatic heterocycles. The van der Waals surface area contributed by atoms with E-state index in [0.29, 0.717) is 44.3 Å². The lowest BCUT2D eigenvalue weighted by Crippen LogP contribution is -2.64. The minimum Gasteiger partial charge on any atom is -0.484 e. The molecule has 1 amide bonds. The Kier molecular flexibility index (Phi) is 5.74. The van der Waals surface area contributed by atoms with Gasteiger partial charge in [-0.25, -0.2) is 0 Å². The van der Waals surface area contributed by atoms with Crippen LogP contribution in [0.3, 0.4) is 0 Å². The Morgan fingerprint density at radius 1 is 1.48 bits per heavy atom. The number of nitrogens with one attached hydrogen (secondary N) is 2. The monoisotopic (exact) mass is 433 g/mol. The van der Waals surface area contributed by atoms with Crippen molar-refractivity contribution in [1.82, 2.24) is 19.8 Å². The average molecular weight is 433 g/mol. The van der Waals surface area contributed by atoms with Gasteiger partial charge in [0.2, 0.25) is 5.13 Å². The van der Waals surface area contributed by atoms with E-state index in [1.54, 1.807) is 12.3 Å². The molecule has 9 nitrogen and oxygen atoms in total. The van der Waals surface area contributed by atoms with Crippen molar-refractivity contribution in [1.29, 1.82) is 0 Å². The minimum absolute atomic E-state index is 0.345. The Morgan fingerprint density at radius 2 is 2.32 bits per heavy atom. The lowest BCUT2D eigenvalue weighted by atomic mass is 9.98. The van der Waals surface area contributed by atoms with Crippen LogP contribution in [0.5, 0.6) is 0 Å². The van der Waals surface area contributed by atoms with Crippen molar-refractivity contribution in [2.24, 2.45) is 11.7 Å². The molecule has 2 aromatic heterocycles. The largest absolute Gasteiger partial charge is 0.484 e. The van der Waals surface area contributed by atoms with Gasteiger partial charge in [-0.15, -0.1) is 15.2 Å². The lowest BCUT2D eigenvalue weighted by Gasteiger charge is -2.10. The first-order valence-corrected chi connectivity index (χ1v) is 10.3. The molecule has 0 radical (unpaired) electrons.